The molecule has 5 heterocycles. The Labute approximate surface area is 179 Å². The molecule has 3 atom stereocenters. The van der Waals surface area contributed by atoms with Gasteiger partial charge < -0.3 is 9.42 Å². The molecule has 1 aliphatic heterocycles. The molecule has 0 amide bonds. The molecule has 1 aliphatic carbocycles. The van der Waals surface area contributed by atoms with Crippen molar-refractivity contribution in [1.82, 2.24) is 30.1 Å². The van der Waals surface area contributed by atoms with Gasteiger partial charge in [0, 0.05) is 41.7 Å². The Balaban J connectivity index is 1.36. The van der Waals surface area contributed by atoms with E-state index in [4.69, 9.17) is 16.1 Å². The van der Waals surface area contributed by atoms with Crippen molar-refractivity contribution in [3.63, 3.8) is 0 Å². The number of nitrogens with one attached hydrogen (secondary N) is 1. The summed E-state index contributed by atoms with van der Waals surface area (Å²) in [5.41, 5.74) is 2.16. The van der Waals surface area contributed by atoms with Crippen LogP contribution in [0.15, 0.2) is 39.1 Å². The lowest BCUT2D eigenvalue weighted by Gasteiger charge is -2.26. The predicted octanol–water partition coefficient (Wildman–Crippen LogP) is 3.28. The Hall–Kier alpha value is -2.98. The monoisotopic (exact) mass is 441 g/mol. The first-order chi connectivity index (χ1) is 14.6. The lowest BCUT2D eigenvalue weighted by molar-refractivity contribution is 0.412. The molecule has 152 valence electrons. The summed E-state index contributed by atoms with van der Waals surface area (Å²) in [6.07, 6.45) is 3.71. The van der Waals surface area contributed by atoms with Crippen molar-refractivity contribution in [1.29, 1.82) is 0 Å². The van der Waals surface area contributed by atoms with E-state index in [2.05, 4.69) is 30.5 Å². The topological polar surface area (TPSA) is 106 Å². The third kappa shape index (κ3) is 2.78. The molecular formula is C19H16ClN7O2S. The van der Waals surface area contributed by atoms with Crippen LogP contribution < -0.4 is 10.5 Å². The van der Waals surface area contributed by atoms with Crippen molar-refractivity contribution in [2.45, 2.75) is 24.9 Å². The number of nitrogens with zero attached hydrogens (tertiary/aromatic N) is 6. The second kappa shape index (κ2) is 6.51. The minimum atomic E-state index is -0.276. The lowest BCUT2D eigenvalue weighted by atomic mass is 10.1. The highest BCUT2D eigenvalue weighted by Gasteiger charge is 2.54. The van der Waals surface area contributed by atoms with Gasteiger partial charge in [0.25, 0.3) is 5.56 Å². The summed E-state index contributed by atoms with van der Waals surface area (Å²) < 4.78 is 8.23. The van der Waals surface area contributed by atoms with Crippen LogP contribution in [0.2, 0.25) is 4.34 Å². The van der Waals surface area contributed by atoms with Gasteiger partial charge >= 0.3 is 0 Å². The maximum absolute atomic E-state index is 11.6. The zero-order valence-electron chi connectivity index (χ0n) is 15.8. The minimum absolute atomic E-state index is 0.0633. The van der Waals surface area contributed by atoms with Crippen LogP contribution in [0.3, 0.4) is 0 Å². The smallest absolute Gasteiger partial charge is 0.264 e. The van der Waals surface area contributed by atoms with Crippen molar-refractivity contribution in [3.8, 4) is 22.7 Å². The number of hydrogen-bond acceptors (Lipinski definition) is 8. The van der Waals surface area contributed by atoms with Gasteiger partial charge in [0.05, 0.1) is 16.6 Å². The van der Waals surface area contributed by atoms with Gasteiger partial charge in [-0.3, -0.25) is 9.36 Å². The van der Waals surface area contributed by atoms with E-state index < -0.39 is 0 Å². The van der Waals surface area contributed by atoms with Crippen molar-refractivity contribution in [2.75, 3.05) is 4.90 Å². The Bertz CT molecular complexity index is 1310. The van der Waals surface area contributed by atoms with E-state index >= 15 is 0 Å². The Morgan fingerprint density at radius 2 is 2.13 bits per heavy atom. The highest BCUT2D eigenvalue weighted by atomic mass is 35.5. The van der Waals surface area contributed by atoms with Gasteiger partial charge in [-0.05, 0) is 24.8 Å². The standard InChI is InChI=1S/C19H16ClN7O2S/c1-26-18(10-5-17(28)22-21-7-10)23-24-19(26)27-13-2-9(13)3-14(27)12-6-15(29-25-12)11-4-16(20)30-8-11/h4-9,13-14H,2-3H2,1H3,(H,22,28)/t9-,13-,14-/m1/s1. The molecule has 1 N–H and O–H groups in total. The Morgan fingerprint density at radius 1 is 1.23 bits per heavy atom. The summed E-state index contributed by atoms with van der Waals surface area (Å²) in [7, 11) is 1.90. The second-order valence-electron chi connectivity index (χ2n) is 7.69. The van der Waals surface area contributed by atoms with E-state index in [0.29, 0.717) is 33.4 Å². The van der Waals surface area contributed by atoms with Gasteiger partial charge in [-0.2, -0.15) is 5.10 Å². The first kappa shape index (κ1) is 17.8. The molecule has 4 aromatic heterocycles. The molecule has 0 bridgehead atoms. The normalized spacial score (nSPS) is 22.5. The number of thiophene rings is 1. The van der Waals surface area contributed by atoms with E-state index in [0.717, 1.165) is 30.0 Å². The van der Waals surface area contributed by atoms with Crippen molar-refractivity contribution < 1.29 is 4.52 Å². The summed E-state index contributed by atoms with van der Waals surface area (Å²) in [6.45, 7) is 0. The number of rotatable bonds is 4. The van der Waals surface area contributed by atoms with Crippen molar-refractivity contribution >= 4 is 28.9 Å². The van der Waals surface area contributed by atoms with Gasteiger partial charge in [-0.15, -0.1) is 21.5 Å². The second-order valence-corrected chi connectivity index (χ2v) is 9.24. The zero-order chi connectivity index (χ0) is 20.4. The maximum Gasteiger partial charge on any atom is 0.264 e. The van der Waals surface area contributed by atoms with Gasteiger partial charge in [0.15, 0.2) is 11.6 Å². The van der Waals surface area contributed by atoms with Gasteiger partial charge in [0.2, 0.25) is 5.95 Å². The molecule has 1 saturated carbocycles. The molecule has 1 saturated heterocycles. The van der Waals surface area contributed by atoms with Crippen LogP contribution in [0, 0.1) is 5.92 Å². The van der Waals surface area contributed by atoms with Gasteiger partial charge in [-0.1, -0.05) is 16.8 Å². The molecule has 0 aromatic carbocycles. The maximum atomic E-state index is 11.6. The molecule has 4 aromatic rings. The van der Waals surface area contributed by atoms with E-state index in [1.807, 2.05) is 29.1 Å². The van der Waals surface area contributed by atoms with E-state index in [1.165, 1.54) is 17.4 Å². The molecule has 9 nitrogen and oxygen atoms in total. The fourth-order valence-corrected chi connectivity index (χ4v) is 5.19. The average Bonchev–Trinajstić information content (AvgIpc) is 3.16. The number of aromatic nitrogens is 6. The largest absolute Gasteiger partial charge is 0.356 e. The number of piperidine rings is 1. The van der Waals surface area contributed by atoms with Crippen LogP contribution in [-0.4, -0.2) is 36.2 Å². The van der Waals surface area contributed by atoms with Crippen LogP contribution in [0.5, 0.6) is 0 Å². The van der Waals surface area contributed by atoms with E-state index in [-0.39, 0.29) is 11.6 Å². The number of anilines is 1. The highest BCUT2D eigenvalue weighted by Crippen LogP contribution is 2.55. The number of fused-ring (bicyclic) bond motifs is 1. The summed E-state index contributed by atoms with van der Waals surface area (Å²) in [4.78, 5) is 13.9. The molecule has 11 heteroatoms. The van der Waals surface area contributed by atoms with E-state index in [1.54, 1.807) is 6.20 Å². The van der Waals surface area contributed by atoms with Crippen LogP contribution >= 0.6 is 22.9 Å². The number of halogens is 1. The molecule has 30 heavy (non-hydrogen) atoms. The van der Waals surface area contributed by atoms with Crippen LogP contribution in [0.1, 0.15) is 24.6 Å². The van der Waals surface area contributed by atoms with Crippen LogP contribution in [-0.2, 0) is 7.05 Å². The van der Waals surface area contributed by atoms with Gasteiger partial charge in [0.1, 0.15) is 5.69 Å². The van der Waals surface area contributed by atoms with Crippen LogP contribution in [0.4, 0.5) is 5.95 Å². The molecule has 2 aliphatic rings. The summed E-state index contributed by atoms with van der Waals surface area (Å²) >= 11 is 7.52. The van der Waals surface area contributed by atoms with E-state index in [9.17, 15) is 4.79 Å². The fraction of sp³-hybridized carbons (Fsp3) is 0.316. The third-order valence-electron chi connectivity index (χ3n) is 5.83. The quantitative estimate of drug-likeness (QED) is 0.518. The number of hydrogen-bond donors (Lipinski definition) is 1. The summed E-state index contributed by atoms with van der Waals surface area (Å²) in [5, 5.41) is 21.3. The molecule has 6 rings (SSSR count). The molecule has 0 spiro atoms. The first-order valence-electron chi connectivity index (χ1n) is 9.52. The third-order valence-corrected chi connectivity index (χ3v) is 6.92. The summed E-state index contributed by atoms with van der Waals surface area (Å²) in [6, 6.07) is 5.81. The Kier molecular flexibility index (Phi) is 3.87. The predicted molar refractivity (Wildman–Crippen MR) is 111 cm³/mol. The first-order valence-corrected chi connectivity index (χ1v) is 10.8. The lowest BCUT2D eigenvalue weighted by Crippen LogP contribution is -2.29. The highest BCUT2D eigenvalue weighted by molar-refractivity contribution is 7.14. The average molecular weight is 442 g/mol. The molecular weight excluding hydrogens is 426 g/mol. The molecule has 0 unspecified atom stereocenters. The zero-order valence-corrected chi connectivity index (χ0v) is 17.4. The van der Waals surface area contributed by atoms with Crippen molar-refractivity contribution in [2.24, 2.45) is 13.0 Å². The number of H-pyrrole nitrogens is 1. The molecule has 2 fully saturated rings. The summed E-state index contributed by atoms with van der Waals surface area (Å²) in [5.74, 6) is 2.68. The van der Waals surface area contributed by atoms with Gasteiger partial charge in [-0.25, -0.2) is 5.10 Å². The number of aromatic amines is 1. The SMILES string of the molecule is Cn1c(-c2cn[nH]c(=O)c2)nnc1N1[C@@H](c2cc(-c3csc(Cl)c3)on2)C[C@H]2C[C@H]21. The Morgan fingerprint density at radius 3 is 2.93 bits per heavy atom. The molecule has 0 radical (unpaired) electrons. The van der Waals surface area contributed by atoms with Crippen LogP contribution in [0.25, 0.3) is 22.7 Å². The fourth-order valence-electron chi connectivity index (χ4n) is 4.32. The minimum Gasteiger partial charge on any atom is -0.356 e. The van der Waals surface area contributed by atoms with Crippen molar-refractivity contribution in [3.05, 3.63) is 50.2 Å².